The van der Waals surface area contributed by atoms with Gasteiger partial charge in [0.1, 0.15) is 0 Å². The van der Waals surface area contributed by atoms with E-state index in [0.717, 1.165) is 69.0 Å². The quantitative estimate of drug-likeness (QED) is 0.305. The van der Waals surface area contributed by atoms with Crippen LogP contribution in [0.3, 0.4) is 0 Å². The highest BCUT2D eigenvalue weighted by molar-refractivity contribution is 14.0. The number of aromatic nitrogens is 1. The van der Waals surface area contributed by atoms with Gasteiger partial charge in [0.15, 0.2) is 5.96 Å². The van der Waals surface area contributed by atoms with E-state index in [1.165, 1.54) is 10.4 Å². The lowest BCUT2D eigenvalue weighted by Crippen LogP contribution is -2.49. The van der Waals surface area contributed by atoms with Crippen molar-refractivity contribution >= 4 is 41.3 Å². The monoisotopic (exact) mass is 542 g/mol. The third kappa shape index (κ3) is 8.13. The minimum Gasteiger partial charge on any atom is -0.357 e. The molecule has 0 bridgehead atoms. The number of aryl methyl sites for hydroxylation is 2. The second-order valence-electron chi connectivity index (χ2n) is 7.47. The molecule has 2 N–H and O–H groups in total. The fourth-order valence-electron chi connectivity index (χ4n) is 3.56. The normalized spacial score (nSPS) is 15.6. The van der Waals surface area contributed by atoms with E-state index in [4.69, 9.17) is 4.99 Å². The number of aliphatic imine (C=N–C) groups is 1. The number of hydrogen-bond acceptors (Lipinski definition) is 5. The smallest absolute Gasteiger partial charge is 0.191 e. The highest BCUT2D eigenvalue weighted by atomic mass is 127. The Morgan fingerprint density at radius 2 is 1.77 bits per heavy atom. The van der Waals surface area contributed by atoms with Crippen LogP contribution < -0.4 is 10.6 Å². The molecule has 166 valence electrons. The van der Waals surface area contributed by atoms with E-state index in [0.29, 0.717) is 6.54 Å². The minimum absolute atomic E-state index is 0. The molecular formula is C22H35IN6S. The molecular weight excluding hydrogens is 507 g/mol. The highest BCUT2D eigenvalue weighted by Crippen LogP contribution is 2.17. The van der Waals surface area contributed by atoms with Gasteiger partial charge >= 0.3 is 0 Å². The number of thiazole rings is 1. The molecule has 1 aromatic heterocycles. The summed E-state index contributed by atoms with van der Waals surface area (Å²) in [5.41, 5.74) is 2.50. The summed E-state index contributed by atoms with van der Waals surface area (Å²) in [6, 6.07) is 10.8. The van der Waals surface area contributed by atoms with Crippen LogP contribution in [0, 0.1) is 13.8 Å². The molecule has 1 fully saturated rings. The highest BCUT2D eigenvalue weighted by Gasteiger charge is 2.16. The number of piperazine rings is 1. The average Bonchev–Trinajstić information content (AvgIpc) is 3.05. The number of nitrogens with zero attached hydrogens (tertiary/aromatic N) is 4. The van der Waals surface area contributed by atoms with Gasteiger partial charge in [-0.15, -0.1) is 35.3 Å². The molecule has 1 saturated heterocycles. The number of guanidine groups is 1. The van der Waals surface area contributed by atoms with Crippen molar-refractivity contribution < 1.29 is 0 Å². The molecule has 1 aliphatic rings. The van der Waals surface area contributed by atoms with Crippen LogP contribution in [0.15, 0.2) is 35.3 Å². The van der Waals surface area contributed by atoms with E-state index >= 15 is 0 Å². The fraction of sp³-hybridized carbons (Fsp3) is 0.545. The third-order valence-electron chi connectivity index (χ3n) is 5.16. The van der Waals surface area contributed by atoms with Crippen molar-refractivity contribution in [3.05, 3.63) is 51.5 Å². The van der Waals surface area contributed by atoms with Crippen molar-refractivity contribution in [2.75, 3.05) is 45.8 Å². The second kappa shape index (κ2) is 13.2. The topological polar surface area (TPSA) is 55.8 Å². The summed E-state index contributed by atoms with van der Waals surface area (Å²) >= 11 is 1.74. The Balaban J connectivity index is 0.00000320. The van der Waals surface area contributed by atoms with E-state index in [2.05, 4.69) is 69.6 Å². The van der Waals surface area contributed by atoms with Crippen molar-refractivity contribution in [2.24, 2.45) is 4.99 Å². The summed E-state index contributed by atoms with van der Waals surface area (Å²) in [4.78, 5) is 15.6. The van der Waals surface area contributed by atoms with Crippen molar-refractivity contribution in [3.63, 3.8) is 0 Å². The summed E-state index contributed by atoms with van der Waals surface area (Å²) in [6.07, 6.45) is 0. The first-order valence-corrected chi connectivity index (χ1v) is 11.4. The maximum Gasteiger partial charge on any atom is 0.191 e. The van der Waals surface area contributed by atoms with E-state index < -0.39 is 0 Å². The lowest BCUT2D eigenvalue weighted by molar-refractivity contribution is 0.129. The first-order valence-electron chi connectivity index (χ1n) is 10.6. The van der Waals surface area contributed by atoms with E-state index in [1.54, 1.807) is 11.3 Å². The molecule has 3 rings (SSSR count). The molecule has 0 radical (unpaired) electrons. The summed E-state index contributed by atoms with van der Waals surface area (Å²) in [5.74, 6) is 0.890. The summed E-state index contributed by atoms with van der Waals surface area (Å²) in [6.45, 7) is 15.3. The zero-order valence-corrected chi connectivity index (χ0v) is 21.5. The lowest BCUT2D eigenvalue weighted by Gasteiger charge is -2.34. The Kier molecular flexibility index (Phi) is 11.0. The molecule has 1 aliphatic heterocycles. The van der Waals surface area contributed by atoms with Gasteiger partial charge in [-0.05, 0) is 26.3 Å². The van der Waals surface area contributed by atoms with Crippen LogP contribution in [-0.4, -0.2) is 66.6 Å². The first-order chi connectivity index (χ1) is 14.1. The van der Waals surface area contributed by atoms with E-state index in [-0.39, 0.29) is 24.0 Å². The zero-order valence-electron chi connectivity index (χ0n) is 18.4. The Bertz CT molecular complexity index is 771. The SMILES string of the molecule is CCNC(=NCc1sc(C)nc1C)NCCN1CCN(Cc2ccccc2)CC1.I. The van der Waals surface area contributed by atoms with Crippen molar-refractivity contribution in [2.45, 2.75) is 33.9 Å². The molecule has 30 heavy (non-hydrogen) atoms. The summed E-state index contributed by atoms with van der Waals surface area (Å²) in [7, 11) is 0. The van der Waals surface area contributed by atoms with Gasteiger partial charge in [-0.25, -0.2) is 9.98 Å². The molecule has 0 aliphatic carbocycles. The van der Waals surface area contributed by atoms with E-state index in [1.807, 2.05) is 6.92 Å². The largest absolute Gasteiger partial charge is 0.357 e. The van der Waals surface area contributed by atoms with Crippen LogP contribution in [0.5, 0.6) is 0 Å². The Morgan fingerprint density at radius 1 is 1.07 bits per heavy atom. The number of nitrogens with one attached hydrogen (secondary N) is 2. The number of halogens is 1. The standard InChI is InChI=1S/C22H34N6S.HI/c1-4-23-22(25-16-21-18(2)26-19(3)29-21)24-10-11-27-12-14-28(15-13-27)17-20-8-6-5-7-9-20;/h5-9H,4,10-17H2,1-3H3,(H2,23,24,25);1H. The van der Waals surface area contributed by atoms with Crippen LogP contribution in [0.4, 0.5) is 0 Å². The molecule has 0 spiro atoms. The van der Waals surface area contributed by atoms with Gasteiger partial charge in [0.05, 0.1) is 17.2 Å². The molecule has 8 heteroatoms. The van der Waals surface area contributed by atoms with Gasteiger partial charge in [-0.1, -0.05) is 30.3 Å². The number of rotatable bonds is 8. The third-order valence-corrected chi connectivity index (χ3v) is 6.22. The van der Waals surface area contributed by atoms with Gasteiger partial charge in [0.2, 0.25) is 0 Å². The van der Waals surface area contributed by atoms with Gasteiger partial charge < -0.3 is 10.6 Å². The van der Waals surface area contributed by atoms with Gasteiger partial charge in [0.25, 0.3) is 0 Å². The molecule has 0 atom stereocenters. The Hall–Kier alpha value is -1.23. The minimum atomic E-state index is 0. The van der Waals surface area contributed by atoms with Crippen LogP contribution in [-0.2, 0) is 13.1 Å². The molecule has 0 saturated carbocycles. The van der Waals surface area contributed by atoms with Crippen LogP contribution in [0.1, 0.15) is 28.1 Å². The molecule has 6 nitrogen and oxygen atoms in total. The Morgan fingerprint density at radius 3 is 2.40 bits per heavy atom. The van der Waals surface area contributed by atoms with Crippen LogP contribution in [0.25, 0.3) is 0 Å². The van der Waals surface area contributed by atoms with Crippen LogP contribution in [0.2, 0.25) is 0 Å². The molecule has 1 aromatic carbocycles. The van der Waals surface area contributed by atoms with E-state index in [9.17, 15) is 0 Å². The summed E-state index contributed by atoms with van der Waals surface area (Å²) in [5, 5.41) is 7.94. The predicted molar refractivity (Wildman–Crippen MR) is 138 cm³/mol. The molecule has 2 heterocycles. The van der Waals surface area contributed by atoms with Gasteiger partial charge in [-0.3, -0.25) is 9.80 Å². The maximum atomic E-state index is 4.74. The molecule has 0 unspecified atom stereocenters. The van der Waals surface area contributed by atoms with Crippen molar-refractivity contribution in [3.8, 4) is 0 Å². The number of hydrogen-bond donors (Lipinski definition) is 2. The van der Waals surface area contributed by atoms with Gasteiger partial charge in [0, 0.05) is 57.2 Å². The van der Waals surface area contributed by atoms with Crippen molar-refractivity contribution in [1.29, 1.82) is 0 Å². The maximum absolute atomic E-state index is 4.74. The predicted octanol–water partition coefficient (Wildman–Crippen LogP) is 3.25. The first kappa shape index (κ1) is 25.0. The van der Waals surface area contributed by atoms with Crippen molar-refractivity contribution in [1.82, 2.24) is 25.4 Å². The zero-order chi connectivity index (χ0) is 20.5. The Labute approximate surface area is 202 Å². The fourth-order valence-corrected chi connectivity index (χ4v) is 4.42. The lowest BCUT2D eigenvalue weighted by atomic mass is 10.2. The average molecular weight is 543 g/mol. The van der Waals surface area contributed by atoms with Gasteiger partial charge in [-0.2, -0.15) is 0 Å². The number of benzene rings is 1. The van der Waals surface area contributed by atoms with Crippen LogP contribution >= 0.6 is 35.3 Å². The molecule has 2 aromatic rings. The second-order valence-corrected chi connectivity index (χ2v) is 8.75. The summed E-state index contributed by atoms with van der Waals surface area (Å²) < 4.78 is 0. The molecule has 0 amide bonds.